The summed E-state index contributed by atoms with van der Waals surface area (Å²) in [5.41, 5.74) is 13.2. The van der Waals surface area contributed by atoms with Gasteiger partial charge in [-0.2, -0.15) is 0 Å². The first-order valence-corrected chi connectivity index (χ1v) is 20.3. The van der Waals surface area contributed by atoms with Crippen LogP contribution >= 0.6 is 11.3 Å². The quantitative estimate of drug-likeness (QED) is 0.157. The second kappa shape index (κ2) is 14.0. The van der Waals surface area contributed by atoms with E-state index in [0.29, 0.717) is 0 Å². The summed E-state index contributed by atoms with van der Waals surface area (Å²) in [5, 5.41) is 4.55. The van der Waals surface area contributed by atoms with Gasteiger partial charge in [-0.15, -0.1) is 11.3 Å². The van der Waals surface area contributed by atoms with E-state index in [-0.39, 0.29) is 5.82 Å². The first-order valence-electron chi connectivity index (χ1n) is 19.5. The number of halogens is 1. The van der Waals surface area contributed by atoms with Gasteiger partial charge in [-0.25, -0.2) is 4.39 Å². The SMILES string of the molecule is Fc1ccc2c(c1)c1ccccc1n2-c1ccccc1-c1ccc(N(c2ccc(-c3cccc4sc5ccccc5c34)cc2)c2cccc(-c3ccccc3)c2)cc1. The van der Waals surface area contributed by atoms with E-state index in [2.05, 4.69) is 191 Å². The Labute approximate surface area is 339 Å². The van der Waals surface area contributed by atoms with Crippen LogP contribution in [0.3, 0.4) is 0 Å². The van der Waals surface area contributed by atoms with Crippen molar-refractivity contribution in [1.82, 2.24) is 4.57 Å². The molecule has 0 amide bonds. The minimum absolute atomic E-state index is 0.235. The van der Waals surface area contributed by atoms with E-state index in [1.165, 1.54) is 36.9 Å². The van der Waals surface area contributed by atoms with E-state index in [1.54, 1.807) is 12.1 Å². The fourth-order valence-corrected chi connectivity index (χ4v) is 9.75. The third-order valence-corrected chi connectivity index (χ3v) is 12.4. The Bertz CT molecular complexity index is 3290. The fraction of sp³-hybridized carbons (Fsp3) is 0. The number of aromatic nitrogens is 1. The number of rotatable bonds is 7. The number of anilines is 3. The summed E-state index contributed by atoms with van der Waals surface area (Å²) in [5.74, 6) is -0.235. The lowest BCUT2D eigenvalue weighted by Gasteiger charge is -2.26. The van der Waals surface area contributed by atoms with Crippen LogP contribution in [-0.2, 0) is 0 Å². The van der Waals surface area contributed by atoms with Crippen molar-refractivity contribution in [3.05, 3.63) is 218 Å². The highest BCUT2D eigenvalue weighted by molar-refractivity contribution is 7.25. The maximum Gasteiger partial charge on any atom is 0.123 e. The van der Waals surface area contributed by atoms with Gasteiger partial charge < -0.3 is 9.47 Å². The normalized spacial score (nSPS) is 11.5. The maximum atomic E-state index is 14.6. The minimum atomic E-state index is -0.235. The molecule has 11 rings (SSSR count). The van der Waals surface area contributed by atoms with Crippen LogP contribution in [0, 0.1) is 5.82 Å². The van der Waals surface area contributed by atoms with Crippen LogP contribution in [0.1, 0.15) is 0 Å². The first kappa shape index (κ1) is 34.0. The lowest BCUT2D eigenvalue weighted by atomic mass is 9.98. The molecule has 0 unspecified atom stereocenters. The van der Waals surface area contributed by atoms with Crippen LogP contribution in [0.15, 0.2) is 212 Å². The van der Waals surface area contributed by atoms with Gasteiger partial charge in [-0.1, -0.05) is 133 Å². The predicted molar refractivity (Wildman–Crippen MR) is 245 cm³/mol. The van der Waals surface area contributed by atoms with Crippen LogP contribution in [0.5, 0.6) is 0 Å². The Morgan fingerprint density at radius 3 is 1.79 bits per heavy atom. The van der Waals surface area contributed by atoms with Gasteiger partial charge in [0.15, 0.2) is 0 Å². The largest absolute Gasteiger partial charge is 0.310 e. The standard InChI is InChI=1S/C54H35FN2S/c55-40-28-33-51-48(35-40)46-17-5-8-21-50(46)57(51)49-20-7-4-16-44(49)37-24-29-41(30-25-37)56(43-15-10-14-39(34-43)36-12-2-1-3-13-36)42-31-26-38(27-32-42)45-19-11-23-53-54(45)47-18-6-9-22-52(47)58-53/h1-35H. The van der Waals surface area contributed by atoms with Crippen molar-refractivity contribution in [3.63, 3.8) is 0 Å². The van der Waals surface area contributed by atoms with E-state index in [4.69, 9.17) is 0 Å². The highest BCUT2D eigenvalue weighted by Crippen LogP contribution is 2.43. The molecule has 0 radical (unpaired) electrons. The van der Waals surface area contributed by atoms with Gasteiger partial charge in [0.25, 0.3) is 0 Å². The molecule has 0 spiro atoms. The molecule has 0 aliphatic carbocycles. The zero-order valence-electron chi connectivity index (χ0n) is 31.4. The zero-order chi connectivity index (χ0) is 38.6. The number of para-hydroxylation sites is 2. The van der Waals surface area contributed by atoms with Gasteiger partial charge in [0.1, 0.15) is 5.82 Å². The molecule has 11 aromatic rings. The Morgan fingerprint density at radius 1 is 0.379 bits per heavy atom. The summed E-state index contributed by atoms with van der Waals surface area (Å²) < 4.78 is 19.4. The molecule has 2 nitrogen and oxygen atoms in total. The van der Waals surface area contributed by atoms with Crippen LogP contribution in [-0.4, -0.2) is 4.57 Å². The monoisotopic (exact) mass is 762 g/mol. The van der Waals surface area contributed by atoms with Gasteiger partial charge in [0.05, 0.1) is 16.7 Å². The third-order valence-electron chi connectivity index (χ3n) is 11.3. The Kier molecular flexibility index (Phi) is 8.23. The van der Waals surface area contributed by atoms with Gasteiger partial charge in [-0.3, -0.25) is 0 Å². The molecule has 274 valence electrons. The van der Waals surface area contributed by atoms with E-state index in [1.807, 2.05) is 29.5 Å². The van der Waals surface area contributed by atoms with E-state index < -0.39 is 0 Å². The highest BCUT2D eigenvalue weighted by atomic mass is 32.1. The van der Waals surface area contributed by atoms with E-state index >= 15 is 0 Å². The molecule has 0 bridgehead atoms. The molecule has 4 heteroatoms. The molecular formula is C54H35FN2S. The minimum Gasteiger partial charge on any atom is -0.310 e. The third kappa shape index (κ3) is 5.77. The Morgan fingerprint density at radius 2 is 0.983 bits per heavy atom. The smallest absolute Gasteiger partial charge is 0.123 e. The molecule has 9 aromatic carbocycles. The van der Waals surface area contributed by atoms with Crippen molar-refractivity contribution in [2.24, 2.45) is 0 Å². The number of fused-ring (bicyclic) bond motifs is 6. The first-order chi connectivity index (χ1) is 28.7. The fourth-order valence-electron chi connectivity index (χ4n) is 8.62. The molecule has 2 aromatic heterocycles. The summed E-state index contributed by atoms with van der Waals surface area (Å²) in [4.78, 5) is 2.34. The average molecular weight is 763 g/mol. The van der Waals surface area contributed by atoms with E-state index in [9.17, 15) is 4.39 Å². The molecule has 0 aliphatic rings. The van der Waals surface area contributed by atoms with Gasteiger partial charge >= 0.3 is 0 Å². The van der Waals surface area contributed by atoms with Crippen molar-refractivity contribution in [2.75, 3.05) is 4.90 Å². The maximum absolute atomic E-state index is 14.6. The Hall–Kier alpha value is -7.27. The van der Waals surface area contributed by atoms with Crippen molar-refractivity contribution in [2.45, 2.75) is 0 Å². The molecule has 0 aliphatic heterocycles. The van der Waals surface area contributed by atoms with Crippen LogP contribution in [0.2, 0.25) is 0 Å². The van der Waals surface area contributed by atoms with Crippen LogP contribution < -0.4 is 4.90 Å². The molecule has 0 N–H and O–H groups in total. The summed E-state index contributed by atoms with van der Waals surface area (Å²) in [6, 6.07) is 74.3. The topological polar surface area (TPSA) is 8.17 Å². The van der Waals surface area contributed by atoms with Gasteiger partial charge in [-0.05, 0) is 107 Å². The highest BCUT2D eigenvalue weighted by Gasteiger charge is 2.19. The number of benzene rings is 9. The second-order valence-corrected chi connectivity index (χ2v) is 15.7. The summed E-state index contributed by atoms with van der Waals surface area (Å²) >= 11 is 1.85. The number of thiophene rings is 1. The summed E-state index contributed by atoms with van der Waals surface area (Å²) in [6.45, 7) is 0. The molecule has 58 heavy (non-hydrogen) atoms. The molecule has 2 heterocycles. The van der Waals surface area contributed by atoms with Crippen molar-refractivity contribution in [1.29, 1.82) is 0 Å². The number of nitrogens with zero attached hydrogens (tertiary/aromatic N) is 2. The number of hydrogen-bond acceptors (Lipinski definition) is 2. The molecule has 0 fully saturated rings. The summed E-state index contributed by atoms with van der Waals surface area (Å²) in [7, 11) is 0. The molecule has 0 atom stereocenters. The zero-order valence-corrected chi connectivity index (χ0v) is 32.2. The lowest BCUT2D eigenvalue weighted by molar-refractivity contribution is 0.629. The van der Waals surface area contributed by atoms with E-state index in [0.717, 1.165) is 61.2 Å². The molecular weight excluding hydrogens is 728 g/mol. The van der Waals surface area contributed by atoms with Crippen LogP contribution in [0.25, 0.3) is 81.0 Å². The van der Waals surface area contributed by atoms with Gasteiger partial charge in [0.2, 0.25) is 0 Å². The predicted octanol–water partition coefficient (Wildman–Crippen LogP) is 15.8. The van der Waals surface area contributed by atoms with Crippen molar-refractivity contribution in [3.8, 4) is 39.1 Å². The van der Waals surface area contributed by atoms with Crippen molar-refractivity contribution < 1.29 is 4.39 Å². The van der Waals surface area contributed by atoms with Gasteiger partial charge in [0, 0.05) is 53.6 Å². The number of hydrogen-bond donors (Lipinski definition) is 0. The molecule has 0 saturated carbocycles. The molecule has 0 saturated heterocycles. The van der Waals surface area contributed by atoms with Crippen molar-refractivity contribution >= 4 is 70.4 Å². The lowest BCUT2D eigenvalue weighted by Crippen LogP contribution is -2.10. The second-order valence-electron chi connectivity index (χ2n) is 14.7. The summed E-state index contributed by atoms with van der Waals surface area (Å²) in [6.07, 6.45) is 0. The Balaban J connectivity index is 1.02. The van der Waals surface area contributed by atoms with Crippen LogP contribution in [0.4, 0.5) is 21.5 Å². The average Bonchev–Trinajstić information content (AvgIpc) is 3.83.